The van der Waals surface area contributed by atoms with Crippen molar-refractivity contribution in [3.63, 3.8) is 0 Å². The molecular formula is C14H20N2O2. The third-order valence-electron chi connectivity index (χ3n) is 3.78. The number of hydrogen-bond donors (Lipinski definition) is 2. The number of carbonyl (C=O) groups is 1. The summed E-state index contributed by atoms with van der Waals surface area (Å²) in [4.78, 5) is 13.1. The van der Waals surface area contributed by atoms with E-state index in [1.807, 2.05) is 13.1 Å². The number of anilines is 2. The molecule has 0 bridgehead atoms. The molecule has 18 heavy (non-hydrogen) atoms. The van der Waals surface area contributed by atoms with Gasteiger partial charge in [-0.25, -0.2) is 4.79 Å². The van der Waals surface area contributed by atoms with E-state index >= 15 is 0 Å². The Bertz CT molecular complexity index is 439. The van der Waals surface area contributed by atoms with Crippen LogP contribution in [0.1, 0.15) is 42.5 Å². The molecule has 0 amide bonds. The zero-order valence-corrected chi connectivity index (χ0v) is 10.7. The zero-order valence-electron chi connectivity index (χ0n) is 10.7. The first kappa shape index (κ1) is 12.7. The van der Waals surface area contributed by atoms with Gasteiger partial charge in [0.15, 0.2) is 0 Å². The second-order valence-corrected chi connectivity index (χ2v) is 4.98. The molecule has 3 N–H and O–H groups in total. The predicted molar refractivity (Wildman–Crippen MR) is 73.1 cm³/mol. The van der Waals surface area contributed by atoms with Crippen molar-refractivity contribution < 1.29 is 9.90 Å². The molecule has 98 valence electrons. The Balaban J connectivity index is 2.19. The van der Waals surface area contributed by atoms with Crippen molar-refractivity contribution in [2.75, 3.05) is 17.7 Å². The van der Waals surface area contributed by atoms with Gasteiger partial charge in [0, 0.05) is 13.1 Å². The number of aromatic carboxylic acids is 1. The van der Waals surface area contributed by atoms with E-state index in [1.165, 1.54) is 38.2 Å². The molecule has 0 radical (unpaired) electrons. The molecule has 0 unspecified atom stereocenters. The lowest BCUT2D eigenvalue weighted by Crippen LogP contribution is -2.33. The Morgan fingerprint density at radius 3 is 2.56 bits per heavy atom. The molecule has 1 aromatic carbocycles. The van der Waals surface area contributed by atoms with E-state index in [1.54, 1.807) is 6.07 Å². The van der Waals surface area contributed by atoms with Crippen LogP contribution >= 0.6 is 0 Å². The third-order valence-corrected chi connectivity index (χ3v) is 3.78. The summed E-state index contributed by atoms with van der Waals surface area (Å²) >= 11 is 0. The Morgan fingerprint density at radius 2 is 2.00 bits per heavy atom. The maximum Gasteiger partial charge on any atom is 0.335 e. The average molecular weight is 248 g/mol. The highest BCUT2D eigenvalue weighted by atomic mass is 16.4. The maximum atomic E-state index is 10.9. The molecule has 4 nitrogen and oxygen atoms in total. The smallest absolute Gasteiger partial charge is 0.335 e. The van der Waals surface area contributed by atoms with Crippen LogP contribution in [0, 0.1) is 0 Å². The van der Waals surface area contributed by atoms with Crippen molar-refractivity contribution in [3.05, 3.63) is 23.8 Å². The summed E-state index contributed by atoms with van der Waals surface area (Å²) in [6, 6.07) is 5.49. The molecular weight excluding hydrogens is 228 g/mol. The van der Waals surface area contributed by atoms with E-state index in [-0.39, 0.29) is 5.56 Å². The normalized spacial score (nSPS) is 16.5. The molecule has 0 heterocycles. The standard InChI is InChI=1S/C14H20N2O2/c1-16(11-5-3-2-4-6-11)13-8-7-10(14(17)18)9-12(13)15/h7-9,11H,2-6,15H2,1H3,(H,17,18). The number of benzene rings is 1. The Hall–Kier alpha value is -1.71. The van der Waals surface area contributed by atoms with Crippen molar-refractivity contribution in [1.82, 2.24) is 0 Å². The van der Waals surface area contributed by atoms with Crippen molar-refractivity contribution in [2.45, 2.75) is 38.1 Å². The van der Waals surface area contributed by atoms with Gasteiger partial charge in [0.1, 0.15) is 0 Å². The topological polar surface area (TPSA) is 66.6 Å². The van der Waals surface area contributed by atoms with Crippen LogP contribution in [-0.4, -0.2) is 24.2 Å². The van der Waals surface area contributed by atoms with Crippen molar-refractivity contribution in [3.8, 4) is 0 Å². The minimum absolute atomic E-state index is 0.244. The highest BCUT2D eigenvalue weighted by Crippen LogP contribution is 2.30. The highest BCUT2D eigenvalue weighted by Gasteiger charge is 2.20. The first-order valence-electron chi connectivity index (χ1n) is 6.45. The molecule has 1 aliphatic carbocycles. The fourth-order valence-corrected chi connectivity index (χ4v) is 2.67. The summed E-state index contributed by atoms with van der Waals surface area (Å²) in [6.45, 7) is 0. The molecule has 1 aromatic rings. The molecule has 0 aliphatic heterocycles. The Morgan fingerprint density at radius 1 is 1.33 bits per heavy atom. The van der Waals surface area contributed by atoms with Crippen molar-refractivity contribution in [2.24, 2.45) is 0 Å². The van der Waals surface area contributed by atoms with Crippen LogP contribution in [0.25, 0.3) is 0 Å². The lowest BCUT2D eigenvalue weighted by atomic mass is 9.94. The summed E-state index contributed by atoms with van der Waals surface area (Å²) in [5.41, 5.74) is 7.69. The van der Waals surface area contributed by atoms with Gasteiger partial charge >= 0.3 is 5.97 Å². The van der Waals surface area contributed by atoms with Gasteiger partial charge in [0.25, 0.3) is 0 Å². The van der Waals surface area contributed by atoms with Crippen LogP contribution in [0.2, 0.25) is 0 Å². The number of rotatable bonds is 3. The van der Waals surface area contributed by atoms with Crippen LogP contribution in [0.15, 0.2) is 18.2 Å². The van der Waals surface area contributed by atoms with E-state index < -0.39 is 5.97 Å². The number of hydrogen-bond acceptors (Lipinski definition) is 3. The summed E-state index contributed by atoms with van der Waals surface area (Å²) in [7, 11) is 2.04. The molecule has 2 rings (SSSR count). The van der Waals surface area contributed by atoms with Gasteiger partial charge in [0.2, 0.25) is 0 Å². The first-order valence-corrected chi connectivity index (χ1v) is 6.45. The molecule has 1 fully saturated rings. The number of nitrogens with zero attached hydrogens (tertiary/aromatic N) is 1. The molecule has 0 saturated heterocycles. The highest BCUT2D eigenvalue weighted by molar-refractivity contribution is 5.90. The largest absolute Gasteiger partial charge is 0.478 e. The number of carboxylic acids is 1. The van der Waals surface area contributed by atoms with Crippen LogP contribution in [0.5, 0.6) is 0 Å². The van der Waals surface area contributed by atoms with E-state index in [2.05, 4.69) is 4.90 Å². The van der Waals surface area contributed by atoms with Crippen LogP contribution in [0.4, 0.5) is 11.4 Å². The van der Waals surface area contributed by atoms with E-state index in [4.69, 9.17) is 10.8 Å². The van der Waals surface area contributed by atoms with Crippen molar-refractivity contribution >= 4 is 17.3 Å². The first-order chi connectivity index (χ1) is 8.59. The fraction of sp³-hybridized carbons (Fsp3) is 0.500. The fourth-order valence-electron chi connectivity index (χ4n) is 2.67. The van der Waals surface area contributed by atoms with Gasteiger partial charge in [-0.1, -0.05) is 19.3 Å². The molecule has 4 heteroatoms. The summed E-state index contributed by atoms with van der Waals surface area (Å²) in [5.74, 6) is -0.937. The molecule has 0 atom stereocenters. The van der Waals surface area contributed by atoms with Gasteiger partial charge in [-0.05, 0) is 31.0 Å². The number of nitrogen functional groups attached to an aromatic ring is 1. The minimum Gasteiger partial charge on any atom is -0.478 e. The maximum absolute atomic E-state index is 10.9. The van der Waals surface area contributed by atoms with Gasteiger partial charge in [-0.15, -0.1) is 0 Å². The van der Waals surface area contributed by atoms with Crippen LogP contribution in [-0.2, 0) is 0 Å². The third kappa shape index (κ3) is 2.58. The number of nitrogens with two attached hydrogens (primary N) is 1. The van der Waals surface area contributed by atoms with Crippen LogP contribution < -0.4 is 10.6 Å². The number of carboxylic acid groups (broad SMARTS) is 1. The van der Waals surface area contributed by atoms with E-state index in [0.29, 0.717) is 11.7 Å². The van der Waals surface area contributed by atoms with Gasteiger partial charge in [0.05, 0.1) is 16.9 Å². The van der Waals surface area contributed by atoms with Gasteiger partial charge < -0.3 is 15.7 Å². The van der Waals surface area contributed by atoms with Crippen LogP contribution in [0.3, 0.4) is 0 Å². The van der Waals surface area contributed by atoms with E-state index in [9.17, 15) is 4.79 Å². The summed E-state index contributed by atoms with van der Waals surface area (Å²) < 4.78 is 0. The molecule has 1 aliphatic rings. The Labute approximate surface area is 107 Å². The zero-order chi connectivity index (χ0) is 13.1. The lowest BCUT2D eigenvalue weighted by Gasteiger charge is -2.33. The minimum atomic E-state index is -0.937. The molecule has 0 spiro atoms. The quantitative estimate of drug-likeness (QED) is 0.807. The van der Waals surface area contributed by atoms with Crippen molar-refractivity contribution in [1.29, 1.82) is 0 Å². The lowest BCUT2D eigenvalue weighted by molar-refractivity contribution is 0.0697. The Kier molecular flexibility index (Phi) is 3.75. The summed E-state index contributed by atoms with van der Waals surface area (Å²) in [5, 5.41) is 8.92. The van der Waals surface area contributed by atoms with E-state index in [0.717, 1.165) is 5.69 Å². The van der Waals surface area contributed by atoms with Gasteiger partial charge in [-0.3, -0.25) is 0 Å². The SMILES string of the molecule is CN(c1ccc(C(=O)O)cc1N)C1CCCCC1. The molecule has 0 aromatic heterocycles. The predicted octanol–water partition coefficient (Wildman–Crippen LogP) is 2.74. The monoisotopic (exact) mass is 248 g/mol. The second-order valence-electron chi connectivity index (χ2n) is 4.98. The average Bonchev–Trinajstić information content (AvgIpc) is 2.38. The second kappa shape index (κ2) is 5.29. The van der Waals surface area contributed by atoms with Gasteiger partial charge in [-0.2, -0.15) is 0 Å². The summed E-state index contributed by atoms with van der Waals surface area (Å²) in [6.07, 6.45) is 6.23. The molecule has 1 saturated carbocycles.